The molecule has 1 aliphatic heterocycles. The van der Waals surface area contributed by atoms with E-state index in [0.29, 0.717) is 5.57 Å². The van der Waals surface area contributed by atoms with Gasteiger partial charge >= 0.3 is 5.97 Å². The molecule has 0 atom stereocenters. The number of ether oxygens (including phenoxy) is 2. The van der Waals surface area contributed by atoms with Gasteiger partial charge in [-0.05, 0) is 36.1 Å². The summed E-state index contributed by atoms with van der Waals surface area (Å²) in [6.45, 7) is 3.88. The van der Waals surface area contributed by atoms with Gasteiger partial charge in [0.25, 0.3) is 5.91 Å². The Morgan fingerprint density at radius 2 is 1.74 bits per heavy atom. The second kappa shape index (κ2) is 8.54. The lowest BCUT2D eigenvalue weighted by Crippen LogP contribution is -2.24. The standard InChI is InChI=1S/C22H23NO4/c1-3-15-9-7-10-16(4-2)21(15)23-20(24)14-27-22(25)18-12-17-8-5-6-11-19(17)26-13-18/h5-12H,3-4,13-14H2,1-2H3,(H,23,24). The maximum absolute atomic E-state index is 12.3. The van der Waals surface area contributed by atoms with Crippen molar-refractivity contribution in [2.24, 2.45) is 0 Å². The number of carbonyl (C=O) groups excluding carboxylic acids is 2. The Labute approximate surface area is 159 Å². The number of carbonyl (C=O) groups is 2. The van der Waals surface area contributed by atoms with Crippen LogP contribution in [0.3, 0.4) is 0 Å². The molecule has 1 heterocycles. The minimum Gasteiger partial charge on any atom is -0.488 e. The van der Waals surface area contributed by atoms with Crippen molar-refractivity contribution in [1.82, 2.24) is 0 Å². The van der Waals surface area contributed by atoms with Crippen LogP contribution in [0, 0.1) is 0 Å². The predicted octanol–water partition coefficient (Wildman–Crippen LogP) is 3.77. The first-order chi connectivity index (χ1) is 13.1. The number of amides is 1. The molecule has 0 fully saturated rings. The molecule has 1 aliphatic rings. The molecule has 0 bridgehead atoms. The number of rotatable bonds is 6. The van der Waals surface area contributed by atoms with Gasteiger partial charge in [0.15, 0.2) is 6.61 Å². The molecule has 0 saturated carbocycles. The molecule has 140 valence electrons. The van der Waals surface area contributed by atoms with Crippen LogP contribution in [0.2, 0.25) is 0 Å². The molecule has 2 aromatic rings. The zero-order chi connectivity index (χ0) is 19.2. The summed E-state index contributed by atoms with van der Waals surface area (Å²) < 4.78 is 10.7. The van der Waals surface area contributed by atoms with Gasteiger partial charge in [-0.1, -0.05) is 50.2 Å². The highest BCUT2D eigenvalue weighted by molar-refractivity contribution is 5.98. The Hall–Kier alpha value is -3.08. The highest BCUT2D eigenvalue weighted by Crippen LogP contribution is 2.26. The number of fused-ring (bicyclic) bond motifs is 1. The molecule has 3 rings (SSSR count). The van der Waals surface area contributed by atoms with Crippen LogP contribution in [0.15, 0.2) is 48.0 Å². The van der Waals surface area contributed by atoms with Crippen LogP contribution in [0.4, 0.5) is 5.69 Å². The third-order valence-corrected chi connectivity index (χ3v) is 4.49. The Bertz CT molecular complexity index is 863. The van der Waals surface area contributed by atoms with Gasteiger partial charge < -0.3 is 14.8 Å². The number of hydrogen-bond donors (Lipinski definition) is 1. The van der Waals surface area contributed by atoms with E-state index in [0.717, 1.165) is 41.0 Å². The third-order valence-electron chi connectivity index (χ3n) is 4.49. The zero-order valence-corrected chi connectivity index (χ0v) is 15.6. The fraction of sp³-hybridized carbons (Fsp3) is 0.273. The smallest absolute Gasteiger partial charge is 0.338 e. The predicted molar refractivity (Wildman–Crippen MR) is 105 cm³/mol. The lowest BCUT2D eigenvalue weighted by atomic mass is 10.0. The van der Waals surface area contributed by atoms with Crippen LogP contribution >= 0.6 is 0 Å². The highest BCUT2D eigenvalue weighted by atomic mass is 16.5. The molecule has 1 amide bonds. The Morgan fingerprint density at radius 1 is 1.04 bits per heavy atom. The number of benzene rings is 2. The van der Waals surface area contributed by atoms with E-state index in [2.05, 4.69) is 5.32 Å². The molecular weight excluding hydrogens is 342 g/mol. The van der Waals surface area contributed by atoms with Gasteiger partial charge in [-0.15, -0.1) is 0 Å². The van der Waals surface area contributed by atoms with Gasteiger partial charge in [-0.2, -0.15) is 0 Å². The van der Waals surface area contributed by atoms with Gasteiger partial charge in [-0.25, -0.2) is 4.79 Å². The van der Waals surface area contributed by atoms with Crippen molar-refractivity contribution in [1.29, 1.82) is 0 Å². The van der Waals surface area contributed by atoms with Crippen molar-refractivity contribution in [3.8, 4) is 5.75 Å². The quantitative estimate of drug-likeness (QED) is 0.792. The molecule has 0 aromatic heterocycles. The Balaban J connectivity index is 1.62. The number of esters is 1. The summed E-state index contributed by atoms with van der Waals surface area (Å²) in [5.74, 6) is -0.161. The van der Waals surface area contributed by atoms with Crippen LogP contribution in [-0.4, -0.2) is 25.1 Å². The summed E-state index contributed by atoms with van der Waals surface area (Å²) in [4.78, 5) is 24.6. The van der Waals surface area contributed by atoms with Crippen LogP contribution in [0.25, 0.3) is 6.08 Å². The fourth-order valence-electron chi connectivity index (χ4n) is 3.04. The average molecular weight is 365 g/mol. The van der Waals surface area contributed by atoms with Crippen molar-refractivity contribution in [3.05, 3.63) is 64.7 Å². The Morgan fingerprint density at radius 3 is 2.44 bits per heavy atom. The monoisotopic (exact) mass is 365 g/mol. The summed E-state index contributed by atoms with van der Waals surface area (Å²) in [6.07, 6.45) is 3.36. The molecule has 0 spiro atoms. The van der Waals surface area contributed by atoms with E-state index in [-0.39, 0.29) is 19.1 Å². The third kappa shape index (κ3) is 4.37. The second-order valence-electron chi connectivity index (χ2n) is 6.28. The first-order valence-electron chi connectivity index (χ1n) is 9.12. The lowest BCUT2D eigenvalue weighted by Gasteiger charge is -2.17. The van der Waals surface area contributed by atoms with Crippen molar-refractivity contribution >= 4 is 23.6 Å². The van der Waals surface area contributed by atoms with Crippen LogP contribution in [0.5, 0.6) is 5.75 Å². The maximum Gasteiger partial charge on any atom is 0.338 e. The largest absolute Gasteiger partial charge is 0.488 e. The van der Waals surface area contributed by atoms with Crippen LogP contribution < -0.4 is 10.1 Å². The first kappa shape index (κ1) is 18.7. The summed E-state index contributed by atoms with van der Waals surface area (Å²) in [7, 11) is 0. The van der Waals surface area contributed by atoms with E-state index < -0.39 is 5.97 Å². The van der Waals surface area contributed by atoms with E-state index in [4.69, 9.17) is 9.47 Å². The summed E-state index contributed by atoms with van der Waals surface area (Å²) in [6, 6.07) is 13.4. The number of nitrogens with one attached hydrogen (secondary N) is 1. The normalized spacial score (nSPS) is 12.4. The van der Waals surface area contributed by atoms with Gasteiger partial charge in [-0.3, -0.25) is 4.79 Å². The summed E-state index contributed by atoms with van der Waals surface area (Å²) in [5.41, 5.74) is 4.16. The molecule has 5 heteroatoms. The lowest BCUT2D eigenvalue weighted by molar-refractivity contribution is -0.143. The molecule has 1 N–H and O–H groups in total. The van der Waals surface area contributed by atoms with Crippen LogP contribution in [0.1, 0.15) is 30.5 Å². The maximum atomic E-state index is 12.3. The van der Waals surface area contributed by atoms with Gasteiger partial charge in [0.05, 0.1) is 5.57 Å². The summed E-state index contributed by atoms with van der Waals surface area (Å²) >= 11 is 0. The number of anilines is 1. The molecule has 0 saturated heterocycles. The SMILES string of the molecule is CCc1cccc(CC)c1NC(=O)COC(=O)C1=Cc2ccccc2OC1. The minimum atomic E-state index is -0.542. The topological polar surface area (TPSA) is 64.6 Å². The fourth-order valence-corrected chi connectivity index (χ4v) is 3.04. The molecular formula is C22H23NO4. The van der Waals surface area contributed by atoms with Crippen LogP contribution in [-0.2, 0) is 27.2 Å². The van der Waals surface area contributed by atoms with Gasteiger partial charge in [0.1, 0.15) is 12.4 Å². The van der Waals surface area contributed by atoms with E-state index in [1.165, 1.54) is 0 Å². The van der Waals surface area contributed by atoms with E-state index in [1.807, 2.05) is 56.3 Å². The Kier molecular flexibility index (Phi) is 5.91. The van der Waals surface area contributed by atoms with E-state index in [1.54, 1.807) is 6.08 Å². The van der Waals surface area contributed by atoms with Crippen molar-refractivity contribution < 1.29 is 19.1 Å². The number of para-hydroxylation sites is 2. The van der Waals surface area contributed by atoms with E-state index >= 15 is 0 Å². The molecule has 2 aromatic carbocycles. The van der Waals surface area contributed by atoms with Gasteiger partial charge in [0.2, 0.25) is 0 Å². The average Bonchev–Trinajstić information content (AvgIpc) is 2.71. The molecule has 0 aliphatic carbocycles. The number of aryl methyl sites for hydroxylation is 2. The second-order valence-corrected chi connectivity index (χ2v) is 6.28. The van der Waals surface area contributed by atoms with E-state index in [9.17, 15) is 9.59 Å². The molecule has 5 nitrogen and oxygen atoms in total. The van der Waals surface area contributed by atoms with Crippen molar-refractivity contribution in [3.63, 3.8) is 0 Å². The minimum absolute atomic E-state index is 0.135. The zero-order valence-electron chi connectivity index (χ0n) is 15.6. The number of hydrogen-bond acceptors (Lipinski definition) is 4. The molecule has 27 heavy (non-hydrogen) atoms. The highest BCUT2D eigenvalue weighted by Gasteiger charge is 2.19. The van der Waals surface area contributed by atoms with Crippen molar-refractivity contribution in [2.45, 2.75) is 26.7 Å². The van der Waals surface area contributed by atoms with Crippen molar-refractivity contribution in [2.75, 3.05) is 18.5 Å². The first-order valence-corrected chi connectivity index (χ1v) is 9.12. The summed E-state index contributed by atoms with van der Waals surface area (Å²) in [5, 5.41) is 2.89. The molecule has 0 radical (unpaired) electrons. The molecule has 0 unspecified atom stereocenters. The van der Waals surface area contributed by atoms with Gasteiger partial charge in [0, 0.05) is 11.3 Å².